The molecule has 140 valence electrons. The number of amides is 2. The largest absolute Gasteiger partial charge is 0.481 e. The molecule has 0 aliphatic carbocycles. The number of hydrogen-bond donors (Lipinski definition) is 3. The number of benzene rings is 2. The maximum absolute atomic E-state index is 13.1. The molecule has 3 rings (SSSR count). The maximum Gasteiger partial charge on any atom is 0.305 e. The Morgan fingerprint density at radius 2 is 1.96 bits per heavy atom. The summed E-state index contributed by atoms with van der Waals surface area (Å²) in [6.07, 6.45) is -0.341. The van der Waals surface area contributed by atoms with Crippen molar-refractivity contribution in [3.63, 3.8) is 0 Å². The summed E-state index contributed by atoms with van der Waals surface area (Å²) in [6.45, 7) is 1.79. The predicted octanol–water partition coefficient (Wildman–Crippen LogP) is 3.20. The van der Waals surface area contributed by atoms with Crippen LogP contribution in [-0.4, -0.2) is 28.1 Å². The minimum Gasteiger partial charge on any atom is -0.481 e. The monoisotopic (exact) mass is 388 g/mol. The number of fused-ring (bicyclic) bond motifs is 1. The molecule has 8 heteroatoms. The Bertz CT molecular complexity index is 901. The third-order valence-electron chi connectivity index (χ3n) is 4.13. The second-order valence-corrected chi connectivity index (χ2v) is 7.52. The lowest BCUT2D eigenvalue weighted by Gasteiger charge is -2.22. The third-order valence-corrected chi connectivity index (χ3v) is 5.31. The fourth-order valence-corrected chi connectivity index (χ4v) is 3.64. The molecule has 0 radical (unpaired) electrons. The summed E-state index contributed by atoms with van der Waals surface area (Å²) in [5.74, 6) is -2.16. The van der Waals surface area contributed by atoms with Crippen molar-refractivity contribution in [1.82, 2.24) is 5.32 Å². The third kappa shape index (κ3) is 4.46. The lowest BCUT2D eigenvalue weighted by atomic mass is 10.0. The van der Waals surface area contributed by atoms with E-state index in [1.807, 2.05) is 0 Å². The van der Waals surface area contributed by atoms with Crippen LogP contribution in [0.3, 0.4) is 0 Å². The second kappa shape index (κ2) is 7.79. The summed E-state index contributed by atoms with van der Waals surface area (Å²) in [7, 11) is 0. The highest BCUT2D eigenvalue weighted by molar-refractivity contribution is 8.00. The first-order valence-corrected chi connectivity index (χ1v) is 9.11. The van der Waals surface area contributed by atoms with Gasteiger partial charge in [0.15, 0.2) is 0 Å². The Balaban J connectivity index is 1.81. The van der Waals surface area contributed by atoms with E-state index in [9.17, 15) is 18.8 Å². The highest BCUT2D eigenvalue weighted by Crippen LogP contribution is 2.36. The van der Waals surface area contributed by atoms with Gasteiger partial charge in [-0.05, 0) is 42.8 Å². The van der Waals surface area contributed by atoms with Gasteiger partial charge in [0.1, 0.15) is 5.82 Å². The molecule has 0 bridgehead atoms. The second-order valence-electron chi connectivity index (χ2n) is 6.14. The maximum atomic E-state index is 13.1. The van der Waals surface area contributed by atoms with Crippen LogP contribution in [0.15, 0.2) is 47.4 Å². The van der Waals surface area contributed by atoms with Gasteiger partial charge in [-0.2, -0.15) is 0 Å². The van der Waals surface area contributed by atoms with Gasteiger partial charge in [-0.25, -0.2) is 4.39 Å². The van der Waals surface area contributed by atoms with E-state index in [2.05, 4.69) is 10.6 Å². The normalized spacial score (nSPS) is 16.8. The molecular weight excluding hydrogens is 371 g/mol. The predicted molar refractivity (Wildman–Crippen MR) is 99.3 cm³/mol. The molecule has 1 aliphatic heterocycles. The molecule has 1 aliphatic rings. The number of halogens is 1. The van der Waals surface area contributed by atoms with Crippen molar-refractivity contribution in [3.05, 3.63) is 59.4 Å². The van der Waals surface area contributed by atoms with Crippen molar-refractivity contribution in [1.29, 1.82) is 0 Å². The highest BCUT2D eigenvalue weighted by Gasteiger charge is 2.25. The zero-order chi connectivity index (χ0) is 19.6. The smallest absolute Gasteiger partial charge is 0.305 e. The van der Waals surface area contributed by atoms with Crippen molar-refractivity contribution in [2.75, 3.05) is 5.32 Å². The standard InChI is InChI=1S/C19H17FN2O4S/c1-10-18(25)22-15-8-12(4-7-16(15)27-10)19(26)21-14(9-17(23)24)11-2-5-13(20)6-3-11/h2-8,10,14H,9H2,1H3,(H,21,26)(H,22,25)(H,23,24)/t10-,14+/m1/s1. The van der Waals surface area contributed by atoms with E-state index in [4.69, 9.17) is 5.11 Å². The number of anilines is 1. The summed E-state index contributed by atoms with van der Waals surface area (Å²) in [4.78, 5) is 36.4. The van der Waals surface area contributed by atoms with Crippen LogP contribution >= 0.6 is 11.8 Å². The van der Waals surface area contributed by atoms with E-state index in [0.717, 1.165) is 4.90 Å². The molecule has 6 nitrogen and oxygen atoms in total. The van der Waals surface area contributed by atoms with Gasteiger partial charge in [0, 0.05) is 10.5 Å². The first-order valence-electron chi connectivity index (χ1n) is 8.23. The topological polar surface area (TPSA) is 95.5 Å². The number of nitrogens with one attached hydrogen (secondary N) is 2. The minimum absolute atomic E-state index is 0.139. The number of rotatable bonds is 5. The van der Waals surface area contributed by atoms with E-state index < -0.39 is 23.7 Å². The quantitative estimate of drug-likeness (QED) is 0.731. The first-order chi connectivity index (χ1) is 12.8. The van der Waals surface area contributed by atoms with Crippen LogP contribution in [0, 0.1) is 5.82 Å². The summed E-state index contributed by atoms with van der Waals surface area (Å²) < 4.78 is 13.1. The van der Waals surface area contributed by atoms with Crippen LogP contribution < -0.4 is 10.6 Å². The van der Waals surface area contributed by atoms with Crippen LogP contribution in [0.4, 0.5) is 10.1 Å². The zero-order valence-corrected chi connectivity index (χ0v) is 15.2. The van der Waals surface area contributed by atoms with Gasteiger partial charge in [-0.3, -0.25) is 14.4 Å². The Labute approximate surface area is 159 Å². The molecule has 0 aromatic heterocycles. The van der Waals surface area contributed by atoms with Crippen LogP contribution in [0.2, 0.25) is 0 Å². The van der Waals surface area contributed by atoms with Crippen LogP contribution in [0.25, 0.3) is 0 Å². The Hall–Kier alpha value is -2.87. The molecule has 0 saturated carbocycles. The number of aliphatic carboxylic acids is 1. The molecule has 0 saturated heterocycles. The van der Waals surface area contributed by atoms with Gasteiger partial charge in [-0.15, -0.1) is 11.8 Å². The highest BCUT2D eigenvalue weighted by atomic mass is 32.2. The van der Waals surface area contributed by atoms with Gasteiger partial charge in [0.2, 0.25) is 5.91 Å². The van der Waals surface area contributed by atoms with Gasteiger partial charge < -0.3 is 15.7 Å². The zero-order valence-electron chi connectivity index (χ0n) is 14.4. The van der Waals surface area contributed by atoms with E-state index in [0.29, 0.717) is 16.8 Å². The minimum atomic E-state index is -1.09. The number of hydrogen-bond acceptors (Lipinski definition) is 4. The van der Waals surface area contributed by atoms with Gasteiger partial charge >= 0.3 is 5.97 Å². The fraction of sp³-hybridized carbons (Fsp3) is 0.211. The van der Waals surface area contributed by atoms with E-state index in [-0.39, 0.29) is 17.6 Å². The lowest BCUT2D eigenvalue weighted by molar-refractivity contribution is -0.137. The van der Waals surface area contributed by atoms with Gasteiger partial charge in [0.05, 0.1) is 23.4 Å². The molecule has 2 aromatic carbocycles. The first kappa shape index (κ1) is 18.9. The van der Waals surface area contributed by atoms with Crippen molar-refractivity contribution < 1.29 is 23.9 Å². The molecule has 0 fully saturated rings. The fourth-order valence-electron chi connectivity index (χ4n) is 2.71. The number of carboxylic acids is 1. The lowest BCUT2D eigenvalue weighted by Crippen LogP contribution is -2.31. The molecule has 1 heterocycles. The Morgan fingerprint density at radius 1 is 1.26 bits per heavy atom. The summed E-state index contributed by atoms with van der Waals surface area (Å²) >= 11 is 1.40. The Kier molecular flexibility index (Phi) is 5.46. The van der Waals surface area contributed by atoms with Crippen molar-refractivity contribution >= 4 is 35.2 Å². The van der Waals surface area contributed by atoms with Gasteiger partial charge in [0.25, 0.3) is 5.91 Å². The molecule has 0 spiro atoms. The number of carbonyl (C=O) groups is 3. The van der Waals surface area contributed by atoms with Crippen LogP contribution in [0.1, 0.15) is 35.3 Å². The Morgan fingerprint density at radius 3 is 2.63 bits per heavy atom. The van der Waals surface area contributed by atoms with Crippen molar-refractivity contribution in [2.45, 2.75) is 29.5 Å². The van der Waals surface area contributed by atoms with E-state index >= 15 is 0 Å². The summed E-state index contributed by atoms with van der Waals surface area (Å²) in [5, 5.41) is 14.3. The SMILES string of the molecule is C[C@H]1Sc2ccc(C(=O)N[C@@H](CC(=O)O)c3ccc(F)cc3)cc2NC1=O. The van der Waals surface area contributed by atoms with E-state index in [1.54, 1.807) is 25.1 Å². The van der Waals surface area contributed by atoms with Crippen molar-refractivity contribution in [3.8, 4) is 0 Å². The number of carbonyl (C=O) groups excluding carboxylic acids is 2. The summed E-state index contributed by atoms with van der Waals surface area (Å²) in [5.41, 5.74) is 1.33. The molecule has 0 unspecified atom stereocenters. The van der Waals surface area contributed by atoms with E-state index in [1.165, 1.54) is 36.0 Å². The van der Waals surface area contributed by atoms with Crippen molar-refractivity contribution in [2.24, 2.45) is 0 Å². The summed E-state index contributed by atoms with van der Waals surface area (Å²) in [6, 6.07) is 9.41. The molecular formula is C19H17FN2O4S. The number of carboxylic acid groups (broad SMARTS) is 1. The molecule has 2 aromatic rings. The van der Waals surface area contributed by atoms with Crippen LogP contribution in [-0.2, 0) is 9.59 Å². The molecule has 2 amide bonds. The van der Waals surface area contributed by atoms with Gasteiger partial charge in [-0.1, -0.05) is 12.1 Å². The molecule has 3 N–H and O–H groups in total. The average molecular weight is 388 g/mol. The number of thioether (sulfide) groups is 1. The van der Waals surface area contributed by atoms with Crippen LogP contribution in [0.5, 0.6) is 0 Å². The molecule has 27 heavy (non-hydrogen) atoms. The average Bonchev–Trinajstić information content (AvgIpc) is 2.62. The molecule has 2 atom stereocenters.